The van der Waals surface area contributed by atoms with Gasteiger partial charge in [-0.05, 0) is 80.5 Å². The molecule has 2 aromatic carbocycles. The van der Waals surface area contributed by atoms with Gasteiger partial charge in [0.2, 0.25) is 0 Å². The van der Waals surface area contributed by atoms with Crippen LogP contribution in [0.25, 0.3) is 0 Å². The first kappa shape index (κ1) is 25.4. The van der Waals surface area contributed by atoms with Crippen molar-refractivity contribution in [3.63, 3.8) is 0 Å². The minimum atomic E-state index is -0.402. The van der Waals surface area contributed by atoms with E-state index in [-0.39, 0.29) is 25.0 Å². The lowest BCUT2D eigenvalue weighted by atomic mass is 9.88. The lowest BCUT2D eigenvalue weighted by molar-refractivity contribution is -0.118. The van der Waals surface area contributed by atoms with Gasteiger partial charge in [0.15, 0.2) is 6.61 Å². The highest BCUT2D eigenvalue weighted by molar-refractivity contribution is 7.17. The van der Waals surface area contributed by atoms with Crippen molar-refractivity contribution in [1.82, 2.24) is 0 Å². The molecular weight excluding hydrogens is 476 g/mol. The zero-order valence-corrected chi connectivity index (χ0v) is 21.5. The first-order valence-electron chi connectivity index (χ1n) is 12.1. The number of amides is 2. The van der Waals surface area contributed by atoms with Gasteiger partial charge in [-0.15, -0.1) is 11.3 Å². The van der Waals surface area contributed by atoms with Crippen molar-refractivity contribution >= 4 is 39.8 Å². The van der Waals surface area contributed by atoms with Gasteiger partial charge in [-0.25, -0.2) is 4.79 Å². The highest BCUT2D eigenvalue weighted by atomic mass is 32.1. The summed E-state index contributed by atoms with van der Waals surface area (Å²) < 4.78 is 10.9. The molecule has 1 aromatic heterocycles. The molecule has 0 saturated heterocycles. The SMILES string of the molecule is CCOC(=O)c1c(NC(=O)COc2ccc(C(=O)Nc3ccccc3C)cc2)sc2c1CCC(C)C2. The summed E-state index contributed by atoms with van der Waals surface area (Å²) in [6.45, 7) is 5.93. The maximum absolute atomic E-state index is 12.7. The van der Waals surface area contributed by atoms with Crippen LogP contribution in [0.15, 0.2) is 48.5 Å². The Kier molecular flexibility index (Phi) is 8.05. The number of benzene rings is 2. The predicted molar refractivity (Wildman–Crippen MR) is 141 cm³/mol. The smallest absolute Gasteiger partial charge is 0.341 e. The Bertz CT molecular complexity index is 1270. The van der Waals surface area contributed by atoms with Crippen LogP contribution in [-0.4, -0.2) is 31.0 Å². The molecule has 0 radical (unpaired) electrons. The molecule has 4 rings (SSSR count). The maximum Gasteiger partial charge on any atom is 0.341 e. The molecule has 0 saturated carbocycles. The Labute approximate surface area is 214 Å². The highest BCUT2D eigenvalue weighted by Crippen LogP contribution is 2.40. The number of carbonyl (C=O) groups excluding carboxylic acids is 3. The third kappa shape index (κ3) is 5.94. The van der Waals surface area contributed by atoms with E-state index in [0.29, 0.717) is 27.8 Å². The number of anilines is 2. The number of carbonyl (C=O) groups is 3. The fourth-order valence-electron chi connectivity index (χ4n) is 4.18. The van der Waals surface area contributed by atoms with Gasteiger partial charge in [0, 0.05) is 16.1 Å². The molecule has 8 heteroatoms. The van der Waals surface area contributed by atoms with Crippen molar-refractivity contribution in [3.05, 3.63) is 75.7 Å². The van der Waals surface area contributed by atoms with E-state index in [1.54, 1.807) is 31.2 Å². The molecule has 188 valence electrons. The number of fused-ring (bicyclic) bond motifs is 1. The molecule has 1 unspecified atom stereocenters. The predicted octanol–water partition coefficient (Wildman–Crippen LogP) is 5.63. The van der Waals surface area contributed by atoms with E-state index in [1.165, 1.54) is 11.3 Å². The molecule has 36 heavy (non-hydrogen) atoms. The third-order valence-corrected chi connectivity index (χ3v) is 7.29. The van der Waals surface area contributed by atoms with Crippen molar-refractivity contribution in [3.8, 4) is 5.75 Å². The second kappa shape index (κ2) is 11.4. The lowest BCUT2D eigenvalue weighted by Gasteiger charge is -2.18. The van der Waals surface area contributed by atoms with E-state index in [2.05, 4.69) is 17.6 Å². The van der Waals surface area contributed by atoms with Crippen molar-refractivity contribution in [1.29, 1.82) is 0 Å². The molecule has 3 aromatic rings. The Morgan fingerprint density at radius 3 is 2.53 bits per heavy atom. The molecule has 7 nitrogen and oxygen atoms in total. The summed E-state index contributed by atoms with van der Waals surface area (Å²) in [5.74, 6) is 0.00678. The van der Waals surface area contributed by atoms with Crippen LogP contribution in [0.1, 0.15) is 57.0 Å². The van der Waals surface area contributed by atoms with Gasteiger partial charge < -0.3 is 20.1 Å². The van der Waals surface area contributed by atoms with Gasteiger partial charge in [-0.3, -0.25) is 9.59 Å². The summed E-state index contributed by atoms with van der Waals surface area (Å²) in [6.07, 6.45) is 2.70. The number of hydrogen-bond donors (Lipinski definition) is 2. The number of hydrogen-bond acceptors (Lipinski definition) is 6. The summed E-state index contributed by atoms with van der Waals surface area (Å²) in [5.41, 5.74) is 3.68. The fraction of sp³-hybridized carbons (Fsp3) is 0.321. The number of esters is 1. The van der Waals surface area contributed by atoms with Gasteiger partial charge >= 0.3 is 5.97 Å². The monoisotopic (exact) mass is 506 g/mol. The molecule has 0 spiro atoms. The highest BCUT2D eigenvalue weighted by Gasteiger charge is 2.29. The van der Waals surface area contributed by atoms with E-state index in [4.69, 9.17) is 9.47 Å². The largest absolute Gasteiger partial charge is 0.484 e. The molecule has 0 aliphatic heterocycles. The molecular formula is C28H30N2O5S. The van der Waals surface area contributed by atoms with E-state index < -0.39 is 5.97 Å². The van der Waals surface area contributed by atoms with Crippen LogP contribution in [0.2, 0.25) is 0 Å². The first-order chi connectivity index (χ1) is 17.4. The molecule has 0 bridgehead atoms. The second-order valence-electron chi connectivity index (χ2n) is 8.91. The summed E-state index contributed by atoms with van der Waals surface area (Å²) in [5, 5.41) is 6.25. The molecule has 0 fully saturated rings. The van der Waals surface area contributed by atoms with E-state index in [9.17, 15) is 14.4 Å². The first-order valence-corrected chi connectivity index (χ1v) is 12.9. The number of para-hydroxylation sites is 1. The number of nitrogens with one attached hydrogen (secondary N) is 2. The van der Waals surface area contributed by atoms with Crippen LogP contribution in [0.3, 0.4) is 0 Å². The number of ether oxygens (including phenoxy) is 2. The Morgan fingerprint density at radius 2 is 1.81 bits per heavy atom. The molecule has 2 N–H and O–H groups in total. The van der Waals surface area contributed by atoms with Gasteiger partial charge in [0.05, 0.1) is 12.2 Å². The van der Waals surface area contributed by atoms with Gasteiger partial charge in [-0.2, -0.15) is 0 Å². The Morgan fingerprint density at radius 1 is 1.06 bits per heavy atom. The molecule has 1 aliphatic carbocycles. The molecule has 1 atom stereocenters. The topological polar surface area (TPSA) is 93.7 Å². The summed E-state index contributed by atoms with van der Waals surface area (Å²) in [7, 11) is 0. The maximum atomic E-state index is 12.7. The number of aryl methyl sites for hydroxylation is 1. The fourth-order valence-corrected chi connectivity index (χ4v) is 5.59. The Hall–Kier alpha value is -3.65. The van der Waals surface area contributed by atoms with Crippen LogP contribution in [0.5, 0.6) is 5.75 Å². The Balaban J connectivity index is 1.37. The molecule has 2 amide bonds. The number of rotatable bonds is 8. The zero-order chi connectivity index (χ0) is 25.7. The minimum Gasteiger partial charge on any atom is -0.484 e. The summed E-state index contributed by atoms with van der Waals surface area (Å²) in [6, 6.07) is 14.2. The van der Waals surface area contributed by atoms with Crippen LogP contribution in [0.4, 0.5) is 10.7 Å². The second-order valence-corrected chi connectivity index (χ2v) is 10.0. The van der Waals surface area contributed by atoms with E-state index in [0.717, 1.165) is 41.0 Å². The lowest BCUT2D eigenvalue weighted by Crippen LogP contribution is -2.21. The van der Waals surface area contributed by atoms with Crippen LogP contribution >= 0.6 is 11.3 Å². The third-order valence-electron chi connectivity index (χ3n) is 6.12. The van der Waals surface area contributed by atoms with E-state index >= 15 is 0 Å². The molecule has 1 aliphatic rings. The summed E-state index contributed by atoms with van der Waals surface area (Å²) in [4.78, 5) is 39.0. The van der Waals surface area contributed by atoms with Gasteiger partial charge in [0.25, 0.3) is 11.8 Å². The van der Waals surface area contributed by atoms with Gasteiger partial charge in [0.1, 0.15) is 10.8 Å². The van der Waals surface area contributed by atoms with Crippen molar-refractivity contribution in [2.75, 3.05) is 23.8 Å². The van der Waals surface area contributed by atoms with Crippen molar-refractivity contribution < 1.29 is 23.9 Å². The average Bonchev–Trinajstić information content (AvgIpc) is 3.21. The van der Waals surface area contributed by atoms with Crippen molar-refractivity contribution in [2.45, 2.75) is 40.0 Å². The van der Waals surface area contributed by atoms with Crippen molar-refractivity contribution in [2.24, 2.45) is 5.92 Å². The quantitative estimate of drug-likeness (QED) is 0.386. The standard InChI is InChI=1S/C28H30N2O5S/c1-4-34-28(33)25-21-14-9-17(2)15-23(21)36-27(25)30-24(31)16-35-20-12-10-19(11-13-20)26(32)29-22-8-6-5-7-18(22)3/h5-8,10-13,17H,4,9,14-16H2,1-3H3,(H,29,32)(H,30,31). The average molecular weight is 507 g/mol. The van der Waals surface area contributed by atoms with Crippen LogP contribution in [0, 0.1) is 12.8 Å². The number of thiophene rings is 1. The van der Waals surface area contributed by atoms with Gasteiger partial charge in [-0.1, -0.05) is 25.1 Å². The van der Waals surface area contributed by atoms with Crippen LogP contribution < -0.4 is 15.4 Å². The zero-order valence-electron chi connectivity index (χ0n) is 20.7. The normalized spacial score (nSPS) is 14.5. The molecule has 1 heterocycles. The minimum absolute atomic E-state index is 0.226. The van der Waals surface area contributed by atoms with E-state index in [1.807, 2.05) is 31.2 Å². The van der Waals surface area contributed by atoms with Crippen LogP contribution in [-0.2, 0) is 22.4 Å². The summed E-state index contributed by atoms with van der Waals surface area (Å²) >= 11 is 1.44.